The molecule has 0 amide bonds. The van der Waals surface area contributed by atoms with Crippen LogP contribution >= 0.6 is 0 Å². The highest BCUT2D eigenvalue weighted by Crippen LogP contribution is 2.38. The van der Waals surface area contributed by atoms with E-state index in [1.807, 2.05) is 0 Å². The molecule has 18 heavy (non-hydrogen) atoms. The summed E-state index contributed by atoms with van der Waals surface area (Å²) in [5.41, 5.74) is 3.62. The first-order valence-corrected chi connectivity index (χ1v) is 5.76. The van der Waals surface area contributed by atoms with E-state index in [1.165, 1.54) is 23.8 Å². The van der Waals surface area contributed by atoms with Gasteiger partial charge < -0.3 is 15.6 Å². The van der Waals surface area contributed by atoms with Crippen LogP contribution in [0, 0.1) is 0 Å². The Balaban J connectivity index is 2.25. The van der Waals surface area contributed by atoms with Crippen molar-refractivity contribution in [2.45, 2.75) is 37.8 Å². The van der Waals surface area contributed by atoms with E-state index < -0.39 is 30.3 Å². The monoisotopic (exact) mass is 257 g/mol. The lowest BCUT2D eigenvalue weighted by atomic mass is 9.96. The normalized spacial score (nSPS) is 29.4. The van der Waals surface area contributed by atoms with Gasteiger partial charge in [0.2, 0.25) is 0 Å². The number of rotatable bonds is 3. The maximum Gasteiger partial charge on any atom is 0.351 e. The van der Waals surface area contributed by atoms with Gasteiger partial charge in [0.15, 0.2) is 0 Å². The van der Waals surface area contributed by atoms with Crippen molar-refractivity contribution in [1.82, 2.24) is 9.55 Å². The number of hydrogen-bond donors (Lipinski definition) is 2. The summed E-state index contributed by atoms with van der Waals surface area (Å²) < 4.78 is 20.3. The first kappa shape index (κ1) is 13.0. The second kappa shape index (κ2) is 4.66. The molecule has 100 valence electrons. The van der Waals surface area contributed by atoms with Crippen molar-refractivity contribution in [3.8, 4) is 0 Å². The fourth-order valence-electron chi connectivity index (χ4n) is 2.13. The summed E-state index contributed by atoms with van der Waals surface area (Å²) >= 11 is 0. The molecule has 1 unspecified atom stereocenters. The molecule has 0 aromatic carbocycles. The summed E-state index contributed by atoms with van der Waals surface area (Å²) in [7, 11) is 0. The fourth-order valence-corrected chi connectivity index (χ4v) is 2.13. The number of nitrogens with zero attached hydrogens (tertiary/aromatic N) is 2. The van der Waals surface area contributed by atoms with Crippen LogP contribution in [0.4, 0.5) is 10.2 Å². The van der Waals surface area contributed by atoms with Crippen molar-refractivity contribution >= 4 is 5.82 Å². The van der Waals surface area contributed by atoms with Crippen LogP contribution in [-0.2, 0) is 4.74 Å². The third-order valence-corrected chi connectivity index (χ3v) is 3.34. The number of alkyl halides is 1. The number of ether oxygens (including phenoxy) is 1. The molecule has 1 aromatic rings. The Labute approximate surface area is 103 Å². The lowest BCUT2D eigenvalue weighted by Gasteiger charge is -2.28. The first-order chi connectivity index (χ1) is 8.48. The third-order valence-electron chi connectivity index (χ3n) is 3.34. The van der Waals surface area contributed by atoms with Gasteiger partial charge in [0.05, 0.1) is 6.61 Å². The fraction of sp³-hybridized carbons (Fsp3) is 0.636. The number of hydrogen-bond acceptors (Lipinski definition) is 5. The largest absolute Gasteiger partial charge is 0.393 e. The van der Waals surface area contributed by atoms with E-state index in [0.717, 1.165) is 0 Å². The minimum absolute atomic E-state index is 0.126. The van der Waals surface area contributed by atoms with Gasteiger partial charge in [0, 0.05) is 6.20 Å². The van der Waals surface area contributed by atoms with E-state index in [4.69, 9.17) is 10.5 Å². The molecular weight excluding hydrogens is 241 g/mol. The zero-order valence-electron chi connectivity index (χ0n) is 10.0. The Morgan fingerprint density at radius 1 is 1.83 bits per heavy atom. The summed E-state index contributed by atoms with van der Waals surface area (Å²) in [6.45, 7) is 0.918. The summed E-state index contributed by atoms with van der Waals surface area (Å²) in [5, 5.41) is 9.28. The van der Waals surface area contributed by atoms with Gasteiger partial charge in [0.1, 0.15) is 23.8 Å². The maximum atomic E-state index is 13.5. The molecule has 2 rings (SSSR count). The Kier molecular flexibility index (Phi) is 3.36. The standard InChI is InChI=1S/C11H16FN3O3/c1-7(12)11(6-16)4-2-9(18-11)15-5-3-8(13)14-10(15)17/h3,5,7,9,16H,2,4,6H2,1H3,(H2,13,14,17)/t7?,9-,11-/m0/s1. The van der Waals surface area contributed by atoms with Crippen molar-refractivity contribution in [1.29, 1.82) is 0 Å². The molecule has 3 atom stereocenters. The number of aliphatic hydroxyl groups excluding tert-OH is 1. The van der Waals surface area contributed by atoms with Crippen molar-refractivity contribution in [3.05, 3.63) is 22.7 Å². The van der Waals surface area contributed by atoms with Crippen molar-refractivity contribution in [3.63, 3.8) is 0 Å². The molecule has 0 saturated carbocycles. The summed E-state index contributed by atoms with van der Waals surface area (Å²) in [5.74, 6) is 0.126. The SMILES string of the molecule is CC(F)[C@@]1(CO)CC[C@@H](n2ccc(N)nc2=O)O1. The summed E-state index contributed by atoms with van der Waals surface area (Å²) in [4.78, 5) is 15.2. The number of nitrogens with two attached hydrogens (primary N) is 1. The summed E-state index contributed by atoms with van der Waals surface area (Å²) in [6, 6.07) is 1.47. The number of halogens is 1. The number of aliphatic hydroxyl groups is 1. The minimum Gasteiger partial charge on any atom is -0.393 e. The molecule has 1 aliphatic heterocycles. The highest BCUT2D eigenvalue weighted by Gasteiger charge is 2.45. The molecule has 1 fully saturated rings. The number of anilines is 1. The Morgan fingerprint density at radius 2 is 2.56 bits per heavy atom. The predicted molar refractivity (Wildman–Crippen MR) is 62.7 cm³/mol. The van der Waals surface area contributed by atoms with E-state index in [2.05, 4.69) is 4.98 Å². The average molecular weight is 257 g/mol. The van der Waals surface area contributed by atoms with Gasteiger partial charge in [-0.15, -0.1) is 0 Å². The van der Waals surface area contributed by atoms with Gasteiger partial charge >= 0.3 is 5.69 Å². The molecule has 1 aliphatic rings. The number of aromatic nitrogens is 2. The van der Waals surface area contributed by atoms with Crippen molar-refractivity contribution < 1.29 is 14.2 Å². The molecule has 0 aliphatic carbocycles. The average Bonchev–Trinajstić information content (AvgIpc) is 2.74. The molecule has 1 saturated heterocycles. The molecule has 6 nitrogen and oxygen atoms in total. The van der Waals surface area contributed by atoms with Crippen LogP contribution in [0.2, 0.25) is 0 Å². The lowest BCUT2D eigenvalue weighted by molar-refractivity contribution is -0.132. The molecule has 1 aromatic heterocycles. The minimum atomic E-state index is -1.31. The van der Waals surface area contributed by atoms with Crippen LogP contribution in [0.15, 0.2) is 17.1 Å². The maximum absolute atomic E-state index is 13.5. The second-order valence-corrected chi connectivity index (χ2v) is 4.49. The van der Waals surface area contributed by atoms with Crippen LogP contribution in [0.25, 0.3) is 0 Å². The Bertz CT molecular complexity index is 491. The zero-order chi connectivity index (χ0) is 13.3. The van der Waals surface area contributed by atoms with E-state index in [-0.39, 0.29) is 5.82 Å². The predicted octanol–water partition coefficient (Wildman–Crippen LogP) is 0.224. The molecule has 0 bridgehead atoms. The van der Waals surface area contributed by atoms with E-state index in [1.54, 1.807) is 0 Å². The van der Waals surface area contributed by atoms with Crippen LogP contribution in [0.5, 0.6) is 0 Å². The van der Waals surface area contributed by atoms with E-state index in [0.29, 0.717) is 12.8 Å². The highest BCUT2D eigenvalue weighted by atomic mass is 19.1. The molecule has 2 heterocycles. The molecule has 0 radical (unpaired) electrons. The van der Waals surface area contributed by atoms with Crippen LogP contribution in [0.1, 0.15) is 26.0 Å². The smallest absolute Gasteiger partial charge is 0.351 e. The second-order valence-electron chi connectivity index (χ2n) is 4.49. The molecule has 0 spiro atoms. The van der Waals surface area contributed by atoms with Gasteiger partial charge in [-0.2, -0.15) is 4.98 Å². The molecule has 3 N–H and O–H groups in total. The topological polar surface area (TPSA) is 90.4 Å². The quantitative estimate of drug-likeness (QED) is 0.808. The molecular formula is C11H16FN3O3. The van der Waals surface area contributed by atoms with Gasteiger partial charge in [-0.25, -0.2) is 9.18 Å². The number of nitrogen functional groups attached to an aromatic ring is 1. The first-order valence-electron chi connectivity index (χ1n) is 5.76. The Morgan fingerprint density at radius 3 is 3.06 bits per heavy atom. The van der Waals surface area contributed by atoms with Gasteiger partial charge in [0.25, 0.3) is 0 Å². The third kappa shape index (κ3) is 2.11. The van der Waals surface area contributed by atoms with E-state index >= 15 is 0 Å². The highest BCUT2D eigenvalue weighted by molar-refractivity contribution is 5.23. The van der Waals surface area contributed by atoms with E-state index in [9.17, 15) is 14.3 Å². The molecule has 7 heteroatoms. The van der Waals surface area contributed by atoms with Crippen LogP contribution < -0.4 is 11.4 Å². The lowest BCUT2D eigenvalue weighted by Crippen LogP contribution is -2.42. The van der Waals surface area contributed by atoms with Crippen molar-refractivity contribution in [2.24, 2.45) is 0 Å². The van der Waals surface area contributed by atoms with Gasteiger partial charge in [-0.1, -0.05) is 0 Å². The van der Waals surface area contributed by atoms with Crippen LogP contribution in [0.3, 0.4) is 0 Å². The van der Waals surface area contributed by atoms with Crippen molar-refractivity contribution in [2.75, 3.05) is 12.3 Å². The zero-order valence-corrected chi connectivity index (χ0v) is 10.0. The van der Waals surface area contributed by atoms with Crippen LogP contribution in [-0.4, -0.2) is 33.0 Å². The summed E-state index contributed by atoms with van der Waals surface area (Å²) in [6.07, 6.45) is 0.329. The Hall–Kier alpha value is -1.47. The van der Waals surface area contributed by atoms with Gasteiger partial charge in [-0.3, -0.25) is 4.57 Å². The van der Waals surface area contributed by atoms with Gasteiger partial charge in [-0.05, 0) is 25.8 Å².